The van der Waals surface area contributed by atoms with Crippen LogP contribution in [0.4, 0.5) is 5.69 Å². The molecule has 1 aromatic carbocycles. The maximum atomic E-state index is 10.7. The molecule has 3 aromatic rings. The van der Waals surface area contributed by atoms with E-state index in [9.17, 15) is 5.11 Å². The SMILES string of the molecule is Cc1cc([C@H]2[C@@H](c3ccccn3)NC(=S)N2c2ccccc2O)c(C)n1C1CCCCC1. The van der Waals surface area contributed by atoms with Crippen molar-refractivity contribution in [1.82, 2.24) is 14.9 Å². The van der Waals surface area contributed by atoms with Crippen molar-refractivity contribution in [2.75, 3.05) is 4.90 Å². The van der Waals surface area contributed by atoms with Crippen molar-refractivity contribution >= 4 is 23.0 Å². The van der Waals surface area contributed by atoms with Crippen molar-refractivity contribution < 1.29 is 5.11 Å². The molecule has 0 unspecified atom stereocenters. The Hall–Kier alpha value is -2.86. The summed E-state index contributed by atoms with van der Waals surface area (Å²) >= 11 is 5.81. The topological polar surface area (TPSA) is 53.3 Å². The first-order valence-corrected chi connectivity index (χ1v) is 11.9. The molecular formula is C26H30N4OS. The van der Waals surface area contributed by atoms with Crippen LogP contribution in [0.15, 0.2) is 54.7 Å². The fourth-order valence-electron chi connectivity index (χ4n) is 5.60. The number of aromatic nitrogens is 2. The fourth-order valence-corrected chi connectivity index (χ4v) is 5.94. The maximum Gasteiger partial charge on any atom is 0.174 e. The van der Waals surface area contributed by atoms with Crippen LogP contribution < -0.4 is 10.2 Å². The van der Waals surface area contributed by atoms with Gasteiger partial charge >= 0.3 is 0 Å². The minimum absolute atomic E-state index is 0.103. The average Bonchev–Trinajstić information content (AvgIpc) is 3.30. The summed E-state index contributed by atoms with van der Waals surface area (Å²) in [5.74, 6) is 0.226. The van der Waals surface area contributed by atoms with E-state index >= 15 is 0 Å². The largest absolute Gasteiger partial charge is 0.506 e. The highest BCUT2D eigenvalue weighted by atomic mass is 32.1. The van der Waals surface area contributed by atoms with Gasteiger partial charge < -0.3 is 19.9 Å². The number of phenols is 1. The van der Waals surface area contributed by atoms with Gasteiger partial charge in [0.15, 0.2) is 5.11 Å². The molecule has 2 aromatic heterocycles. The standard InChI is InChI=1S/C26H30N4OS/c1-17-16-20(18(2)29(17)19-10-4-3-5-11-19)25-24(21-12-8-9-15-27-21)28-26(32)30(25)22-13-6-7-14-23(22)31/h6-9,12-16,19,24-25,31H,3-5,10-11H2,1-2H3,(H,28,32)/t24-,25+/m1/s1. The molecule has 1 aliphatic carbocycles. The lowest BCUT2D eigenvalue weighted by Crippen LogP contribution is -2.29. The number of hydrogen-bond donors (Lipinski definition) is 2. The molecule has 5 nitrogen and oxygen atoms in total. The number of hydrogen-bond acceptors (Lipinski definition) is 3. The number of nitrogens with zero attached hydrogens (tertiary/aromatic N) is 3. The Morgan fingerprint density at radius 1 is 1.03 bits per heavy atom. The van der Waals surface area contributed by atoms with Crippen LogP contribution in [0, 0.1) is 13.8 Å². The number of benzene rings is 1. The number of aryl methyl sites for hydroxylation is 1. The molecule has 2 fully saturated rings. The molecule has 0 radical (unpaired) electrons. The number of nitrogens with one attached hydrogen (secondary N) is 1. The maximum absolute atomic E-state index is 10.7. The van der Waals surface area contributed by atoms with Gasteiger partial charge in [-0.05, 0) is 74.8 Å². The molecule has 1 aliphatic heterocycles. The van der Waals surface area contributed by atoms with E-state index in [1.165, 1.54) is 49.1 Å². The van der Waals surface area contributed by atoms with Crippen molar-refractivity contribution in [3.8, 4) is 5.75 Å². The van der Waals surface area contributed by atoms with Gasteiger partial charge in [0.25, 0.3) is 0 Å². The summed E-state index contributed by atoms with van der Waals surface area (Å²) in [5, 5.41) is 14.8. The average molecular weight is 447 g/mol. The summed E-state index contributed by atoms with van der Waals surface area (Å²) < 4.78 is 2.54. The third-order valence-corrected chi connectivity index (χ3v) is 7.34. The lowest BCUT2D eigenvalue weighted by Gasteiger charge is -2.30. The normalized spacial score (nSPS) is 21.7. The number of anilines is 1. The van der Waals surface area contributed by atoms with Crippen LogP contribution in [-0.4, -0.2) is 19.8 Å². The molecule has 0 bridgehead atoms. The first-order chi connectivity index (χ1) is 15.6. The lowest BCUT2D eigenvalue weighted by molar-refractivity contribution is 0.345. The Labute approximate surface area is 195 Å². The van der Waals surface area contributed by atoms with Crippen LogP contribution in [0.1, 0.15) is 72.9 Å². The molecule has 1 saturated carbocycles. The summed E-state index contributed by atoms with van der Waals surface area (Å²) in [6.07, 6.45) is 8.24. The van der Waals surface area contributed by atoms with E-state index in [4.69, 9.17) is 12.2 Å². The third kappa shape index (κ3) is 3.56. The Morgan fingerprint density at radius 2 is 1.78 bits per heavy atom. The third-order valence-electron chi connectivity index (χ3n) is 7.02. The number of thiocarbonyl (C=S) groups is 1. The van der Waals surface area contributed by atoms with Gasteiger partial charge in [-0.1, -0.05) is 37.5 Å². The second-order valence-electron chi connectivity index (χ2n) is 8.97. The predicted octanol–water partition coefficient (Wildman–Crippen LogP) is 5.89. The summed E-state index contributed by atoms with van der Waals surface area (Å²) in [6, 6.07) is 16.1. The second-order valence-corrected chi connectivity index (χ2v) is 9.36. The van der Waals surface area contributed by atoms with Crippen LogP contribution >= 0.6 is 12.2 Å². The highest BCUT2D eigenvalue weighted by Gasteiger charge is 2.43. The highest BCUT2D eigenvalue weighted by molar-refractivity contribution is 7.80. The fraction of sp³-hybridized carbons (Fsp3) is 0.385. The predicted molar refractivity (Wildman–Crippen MR) is 132 cm³/mol. The van der Waals surface area contributed by atoms with E-state index in [0.29, 0.717) is 11.2 Å². The number of aromatic hydroxyl groups is 1. The van der Waals surface area contributed by atoms with Crippen molar-refractivity contribution in [2.45, 2.75) is 64.1 Å². The number of para-hydroxylation sites is 2. The van der Waals surface area contributed by atoms with Crippen LogP contribution in [-0.2, 0) is 0 Å². The van der Waals surface area contributed by atoms with Crippen molar-refractivity contribution in [3.63, 3.8) is 0 Å². The summed E-state index contributed by atoms with van der Waals surface area (Å²) in [4.78, 5) is 6.72. The second kappa shape index (κ2) is 8.58. The minimum Gasteiger partial charge on any atom is -0.506 e. The van der Waals surface area contributed by atoms with Crippen molar-refractivity contribution in [2.24, 2.45) is 0 Å². The number of phenolic OH excluding ortho intramolecular Hbond substituents is 1. The van der Waals surface area contributed by atoms with Gasteiger partial charge in [-0.2, -0.15) is 0 Å². The Kier molecular flexibility index (Phi) is 5.64. The molecule has 0 amide bonds. The summed E-state index contributed by atoms with van der Waals surface area (Å²) in [7, 11) is 0. The van der Waals surface area contributed by atoms with Gasteiger partial charge in [0, 0.05) is 23.6 Å². The summed E-state index contributed by atoms with van der Waals surface area (Å²) in [5.41, 5.74) is 5.47. The lowest BCUT2D eigenvalue weighted by atomic mass is 9.94. The molecule has 0 spiro atoms. The zero-order chi connectivity index (χ0) is 22.2. The molecule has 32 heavy (non-hydrogen) atoms. The highest BCUT2D eigenvalue weighted by Crippen LogP contribution is 2.46. The van der Waals surface area contributed by atoms with Gasteiger partial charge in [0.2, 0.25) is 0 Å². The monoisotopic (exact) mass is 446 g/mol. The number of pyridine rings is 1. The Bertz CT molecular complexity index is 1120. The molecular weight excluding hydrogens is 416 g/mol. The zero-order valence-corrected chi connectivity index (χ0v) is 19.5. The quantitative estimate of drug-likeness (QED) is 0.490. The molecule has 2 N–H and O–H groups in total. The first kappa shape index (κ1) is 21.0. The smallest absolute Gasteiger partial charge is 0.174 e. The van der Waals surface area contributed by atoms with Gasteiger partial charge in [0.05, 0.1) is 23.5 Å². The molecule has 3 heterocycles. The zero-order valence-electron chi connectivity index (χ0n) is 18.7. The molecule has 6 heteroatoms. The van der Waals surface area contributed by atoms with E-state index in [1.807, 2.05) is 42.6 Å². The van der Waals surface area contributed by atoms with Crippen LogP contribution in [0.3, 0.4) is 0 Å². The van der Waals surface area contributed by atoms with E-state index in [0.717, 1.165) is 11.4 Å². The minimum atomic E-state index is -0.108. The van der Waals surface area contributed by atoms with E-state index in [2.05, 4.69) is 39.7 Å². The molecule has 166 valence electrons. The van der Waals surface area contributed by atoms with Gasteiger partial charge in [0.1, 0.15) is 5.75 Å². The van der Waals surface area contributed by atoms with Gasteiger partial charge in [-0.25, -0.2) is 0 Å². The Balaban J connectivity index is 1.65. The molecule has 1 saturated heterocycles. The number of rotatable bonds is 4. The molecule has 2 atom stereocenters. The van der Waals surface area contributed by atoms with Gasteiger partial charge in [-0.15, -0.1) is 0 Å². The van der Waals surface area contributed by atoms with Crippen molar-refractivity contribution in [3.05, 3.63) is 77.4 Å². The molecule has 2 aliphatic rings. The van der Waals surface area contributed by atoms with Gasteiger partial charge in [-0.3, -0.25) is 4.98 Å². The Morgan fingerprint density at radius 3 is 2.50 bits per heavy atom. The van der Waals surface area contributed by atoms with E-state index in [-0.39, 0.29) is 17.8 Å². The van der Waals surface area contributed by atoms with E-state index < -0.39 is 0 Å². The summed E-state index contributed by atoms with van der Waals surface area (Å²) in [6.45, 7) is 4.45. The van der Waals surface area contributed by atoms with Crippen LogP contribution in [0.2, 0.25) is 0 Å². The first-order valence-electron chi connectivity index (χ1n) is 11.5. The van der Waals surface area contributed by atoms with Crippen LogP contribution in [0.25, 0.3) is 0 Å². The van der Waals surface area contributed by atoms with Crippen molar-refractivity contribution in [1.29, 1.82) is 0 Å². The van der Waals surface area contributed by atoms with E-state index in [1.54, 1.807) is 6.07 Å². The van der Waals surface area contributed by atoms with Crippen LogP contribution in [0.5, 0.6) is 5.75 Å². The molecule has 5 rings (SSSR count).